The van der Waals surface area contributed by atoms with Gasteiger partial charge in [0.05, 0.1) is 12.5 Å². The summed E-state index contributed by atoms with van der Waals surface area (Å²) in [5.41, 5.74) is -0.264. The van der Waals surface area contributed by atoms with Crippen molar-refractivity contribution < 1.29 is 13.6 Å². The van der Waals surface area contributed by atoms with E-state index in [1.807, 2.05) is 0 Å². The first-order chi connectivity index (χ1) is 9.08. The highest BCUT2D eigenvalue weighted by molar-refractivity contribution is 5.79. The summed E-state index contributed by atoms with van der Waals surface area (Å²) in [6.07, 6.45) is -0.388. The summed E-state index contributed by atoms with van der Waals surface area (Å²) in [7, 11) is 0. The van der Waals surface area contributed by atoms with Crippen LogP contribution in [-0.4, -0.2) is 26.5 Å². The van der Waals surface area contributed by atoms with Crippen molar-refractivity contribution in [2.45, 2.75) is 19.4 Å². The third kappa shape index (κ3) is 3.09. The maximum Gasteiger partial charge on any atom is 0.225 e. The molecule has 1 aromatic carbocycles. The van der Waals surface area contributed by atoms with Gasteiger partial charge in [-0.05, 0) is 19.1 Å². The van der Waals surface area contributed by atoms with Gasteiger partial charge in [-0.2, -0.15) is 5.21 Å². The van der Waals surface area contributed by atoms with Crippen LogP contribution in [0.5, 0.6) is 0 Å². The minimum absolute atomic E-state index is 0.264. The Hall–Kier alpha value is -2.38. The molecule has 1 unspecified atom stereocenters. The minimum atomic E-state index is -0.748. The summed E-state index contributed by atoms with van der Waals surface area (Å²) in [5, 5.41) is 15.5. The first-order valence-electron chi connectivity index (χ1n) is 5.53. The molecule has 6 nitrogen and oxygen atoms in total. The van der Waals surface area contributed by atoms with E-state index < -0.39 is 23.6 Å². The van der Waals surface area contributed by atoms with E-state index in [9.17, 15) is 13.6 Å². The molecule has 0 aliphatic carbocycles. The Labute approximate surface area is 107 Å². The third-order valence-electron chi connectivity index (χ3n) is 2.53. The Bertz CT molecular complexity index is 552. The predicted octanol–water partition coefficient (Wildman–Crippen LogP) is 0.898. The van der Waals surface area contributed by atoms with Gasteiger partial charge in [0.15, 0.2) is 5.82 Å². The summed E-state index contributed by atoms with van der Waals surface area (Å²) in [6.45, 7) is 1.64. The molecule has 2 aromatic rings. The lowest BCUT2D eigenvalue weighted by Gasteiger charge is -2.10. The fourth-order valence-electron chi connectivity index (χ4n) is 1.57. The monoisotopic (exact) mass is 267 g/mol. The Morgan fingerprint density at radius 2 is 2.11 bits per heavy atom. The van der Waals surface area contributed by atoms with Crippen LogP contribution >= 0.6 is 0 Å². The number of carbonyl (C=O) groups excluding carboxylic acids is 1. The zero-order valence-corrected chi connectivity index (χ0v) is 10.0. The number of nitrogens with zero attached hydrogens (tertiary/aromatic N) is 3. The number of aromatic amines is 1. The van der Waals surface area contributed by atoms with E-state index in [0.29, 0.717) is 5.82 Å². The molecule has 1 aromatic heterocycles. The molecule has 8 heteroatoms. The molecule has 1 heterocycles. The second-order valence-electron chi connectivity index (χ2n) is 3.94. The molecule has 1 atom stereocenters. The second kappa shape index (κ2) is 5.51. The highest BCUT2D eigenvalue weighted by atomic mass is 19.1. The number of hydrogen-bond acceptors (Lipinski definition) is 4. The molecule has 100 valence electrons. The smallest absolute Gasteiger partial charge is 0.225 e. The van der Waals surface area contributed by atoms with Gasteiger partial charge in [0.25, 0.3) is 0 Å². The SMILES string of the molecule is CC(NC(=O)Cc1c(F)cccc1F)c1nn[nH]n1. The zero-order valence-electron chi connectivity index (χ0n) is 10.0. The lowest BCUT2D eigenvalue weighted by atomic mass is 10.1. The third-order valence-corrected chi connectivity index (χ3v) is 2.53. The number of hydrogen-bond donors (Lipinski definition) is 2. The van der Waals surface area contributed by atoms with E-state index in [1.54, 1.807) is 6.92 Å². The van der Waals surface area contributed by atoms with Crippen molar-refractivity contribution in [1.29, 1.82) is 0 Å². The molecule has 0 aliphatic rings. The Morgan fingerprint density at radius 1 is 1.42 bits per heavy atom. The van der Waals surface area contributed by atoms with Crippen LogP contribution in [-0.2, 0) is 11.2 Å². The number of amides is 1. The largest absolute Gasteiger partial charge is 0.346 e. The van der Waals surface area contributed by atoms with Gasteiger partial charge in [0, 0.05) is 5.56 Å². The van der Waals surface area contributed by atoms with E-state index in [0.717, 1.165) is 12.1 Å². The number of halogens is 2. The molecule has 0 spiro atoms. The van der Waals surface area contributed by atoms with Crippen LogP contribution in [0.15, 0.2) is 18.2 Å². The van der Waals surface area contributed by atoms with Gasteiger partial charge in [-0.3, -0.25) is 4.79 Å². The van der Waals surface area contributed by atoms with E-state index in [-0.39, 0.29) is 12.0 Å². The first-order valence-corrected chi connectivity index (χ1v) is 5.53. The summed E-state index contributed by atoms with van der Waals surface area (Å²) in [4.78, 5) is 11.7. The lowest BCUT2D eigenvalue weighted by molar-refractivity contribution is -0.121. The molecule has 0 fully saturated rings. The van der Waals surface area contributed by atoms with Crippen molar-refractivity contribution in [2.75, 3.05) is 0 Å². The Kier molecular flexibility index (Phi) is 3.79. The van der Waals surface area contributed by atoms with Crippen LogP contribution in [0.25, 0.3) is 0 Å². The number of benzene rings is 1. The van der Waals surface area contributed by atoms with Crippen molar-refractivity contribution in [3.05, 3.63) is 41.2 Å². The van der Waals surface area contributed by atoms with Gasteiger partial charge in [-0.25, -0.2) is 8.78 Å². The Balaban J connectivity index is 2.02. The number of carbonyl (C=O) groups is 1. The van der Waals surface area contributed by atoms with Crippen LogP contribution in [0.3, 0.4) is 0 Å². The van der Waals surface area contributed by atoms with Crippen molar-refractivity contribution in [1.82, 2.24) is 25.9 Å². The van der Waals surface area contributed by atoms with E-state index in [4.69, 9.17) is 0 Å². The number of tetrazole rings is 1. The van der Waals surface area contributed by atoms with Crippen LogP contribution < -0.4 is 5.32 Å². The number of aromatic nitrogens is 4. The summed E-state index contributed by atoms with van der Waals surface area (Å²) < 4.78 is 26.7. The molecule has 0 saturated carbocycles. The fourth-order valence-corrected chi connectivity index (χ4v) is 1.57. The average Bonchev–Trinajstić information content (AvgIpc) is 2.88. The molecule has 1 amide bonds. The maximum absolute atomic E-state index is 13.4. The van der Waals surface area contributed by atoms with Gasteiger partial charge in [-0.15, -0.1) is 10.2 Å². The van der Waals surface area contributed by atoms with Gasteiger partial charge in [-0.1, -0.05) is 11.3 Å². The van der Waals surface area contributed by atoms with Gasteiger partial charge >= 0.3 is 0 Å². The standard InChI is InChI=1S/C11H11F2N5O/c1-6(11-15-17-18-16-11)14-10(19)5-7-8(12)3-2-4-9(7)13/h2-4,6H,5H2,1H3,(H,14,19)(H,15,16,17,18). The normalized spacial score (nSPS) is 12.2. The molecule has 2 N–H and O–H groups in total. The summed E-state index contributed by atoms with van der Waals surface area (Å²) in [6, 6.07) is 2.96. The van der Waals surface area contributed by atoms with E-state index in [2.05, 4.69) is 25.9 Å². The first kappa shape index (κ1) is 13.1. The zero-order chi connectivity index (χ0) is 13.8. The molecule has 0 aliphatic heterocycles. The van der Waals surface area contributed by atoms with Gasteiger partial charge < -0.3 is 5.32 Å². The quantitative estimate of drug-likeness (QED) is 0.862. The highest BCUT2D eigenvalue weighted by Crippen LogP contribution is 2.13. The number of H-pyrrole nitrogens is 1. The van der Waals surface area contributed by atoms with Gasteiger partial charge in [0.1, 0.15) is 11.6 Å². The predicted molar refractivity (Wildman–Crippen MR) is 60.8 cm³/mol. The molecule has 19 heavy (non-hydrogen) atoms. The van der Waals surface area contributed by atoms with Crippen LogP contribution in [0.2, 0.25) is 0 Å². The van der Waals surface area contributed by atoms with Gasteiger partial charge in [0.2, 0.25) is 5.91 Å². The molecule has 0 radical (unpaired) electrons. The van der Waals surface area contributed by atoms with Crippen molar-refractivity contribution in [2.24, 2.45) is 0 Å². The average molecular weight is 267 g/mol. The molecular formula is C11H11F2N5O. The maximum atomic E-state index is 13.4. The topological polar surface area (TPSA) is 83.6 Å². The minimum Gasteiger partial charge on any atom is -0.346 e. The summed E-state index contributed by atoms with van der Waals surface area (Å²) >= 11 is 0. The number of rotatable bonds is 4. The van der Waals surface area contributed by atoms with Crippen LogP contribution in [0.1, 0.15) is 24.4 Å². The van der Waals surface area contributed by atoms with Crippen molar-refractivity contribution in [3.63, 3.8) is 0 Å². The highest BCUT2D eigenvalue weighted by Gasteiger charge is 2.17. The van der Waals surface area contributed by atoms with Crippen LogP contribution in [0.4, 0.5) is 8.78 Å². The Morgan fingerprint density at radius 3 is 2.68 bits per heavy atom. The second-order valence-corrected chi connectivity index (χ2v) is 3.94. The van der Waals surface area contributed by atoms with E-state index >= 15 is 0 Å². The molecular weight excluding hydrogens is 256 g/mol. The molecule has 0 bridgehead atoms. The fraction of sp³-hybridized carbons (Fsp3) is 0.273. The van der Waals surface area contributed by atoms with Crippen LogP contribution in [0, 0.1) is 11.6 Å². The lowest BCUT2D eigenvalue weighted by Crippen LogP contribution is -2.29. The van der Waals surface area contributed by atoms with Crippen molar-refractivity contribution >= 4 is 5.91 Å². The van der Waals surface area contributed by atoms with E-state index in [1.165, 1.54) is 6.07 Å². The number of nitrogens with one attached hydrogen (secondary N) is 2. The molecule has 0 saturated heterocycles. The van der Waals surface area contributed by atoms with Crippen molar-refractivity contribution in [3.8, 4) is 0 Å². The summed E-state index contributed by atoms with van der Waals surface area (Å²) in [5.74, 6) is -1.73. The molecule has 2 rings (SSSR count).